The molecule has 0 aromatic carbocycles. The molecule has 3 nitrogen and oxygen atoms in total. The predicted octanol–water partition coefficient (Wildman–Crippen LogP) is 1.62. The summed E-state index contributed by atoms with van der Waals surface area (Å²) in [5.41, 5.74) is 2.30. The molecule has 0 saturated carbocycles. The van der Waals surface area contributed by atoms with Crippen LogP contribution in [0.3, 0.4) is 0 Å². The van der Waals surface area contributed by atoms with Gasteiger partial charge in [0.2, 0.25) is 5.91 Å². The van der Waals surface area contributed by atoms with Crippen LogP contribution in [0.25, 0.3) is 5.57 Å². The molecule has 3 heteroatoms. The van der Waals surface area contributed by atoms with Crippen molar-refractivity contribution in [1.82, 2.24) is 10.3 Å². The number of pyridine rings is 1. The minimum Gasteiger partial charge on any atom is -0.349 e. The summed E-state index contributed by atoms with van der Waals surface area (Å²) in [6, 6.07) is 4.01. The molecule has 1 N–H and O–H groups in total. The lowest BCUT2D eigenvalue weighted by molar-refractivity contribution is -0.123. The molecule has 78 valence electrons. The summed E-state index contributed by atoms with van der Waals surface area (Å²) >= 11 is 0. The molecule has 1 aliphatic rings. The lowest BCUT2D eigenvalue weighted by Crippen LogP contribution is -2.40. The first-order valence-electron chi connectivity index (χ1n) is 5.11. The Morgan fingerprint density at radius 1 is 1.27 bits per heavy atom. The Morgan fingerprint density at radius 3 is 2.60 bits per heavy atom. The first-order valence-corrected chi connectivity index (χ1v) is 5.11. The lowest BCUT2D eigenvalue weighted by Gasteiger charge is -2.25. The highest BCUT2D eigenvalue weighted by Crippen LogP contribution is 2.23. The zero-order chi connectivity index (χ0) is 10.8. The van der Waals surface area contributed by atoms with E-state index in [1.807, 2.05) is 32.1 Å². The molecule has 1 aliphatic heterocycles. The predicted molar refractivity (Wildman–Crippen MR) is 59.0 cm³/mol. The summed E-state index contributed by atoms with van der Waals surface area (Å²) in [5, 5.41) is 2.95. The highest BCUT2D eigenvalue weighted by atomic mass is 16.1. The van der Waals surface area contributed by atoms with Gasteiger partial charge in [0.25, 0.3) is 0 Å². The Hall–Kier alpha value is -1.64. The smallest absolute Gasteiger partial charge is 0.227 e. The number of aromatic nitrogens is 1. The molecule has 1 aromatic rings. The van der Waals surface area contributed by atoms with Gasteiger partial charge in [0.1, 0.15) is 0 Å². The monoisotopic (exact) mass is 202 g/mol. The summed E-state index contributed by atoms with van der Waals surface area (Å²) in [7, 11) is 0. The summed E-state index contributed by atoms with van der Waals surface area (Å²) in [5.74, 6) is 0.0460. The van der Waals surface area contributed by atoms with E-state index in [9.17, 15) is 4.79 Å². The van der Waals surface area contributed by atoms with Gasteiger partial charge in [0.15, 0.2) is 0 Å². The highest BCUT2D eigenvalue weighted by molar-refractivity contribution is 5.88. The molecule has 0 fully saturated rings. The van der Waals surface area contributed by atoms with E-state index in [2.05, 4.69) is 10.3 Å². The number of hydrogen-bond donors (Lipinski definition) is 1. The lowest BCUT2D eigenvalue weighted by atomic mass is 9.92. The molecule has 0 bridgehead atoms. The number of amides is 1. The van der Waals surface area contributed by atoms with Gasteiger partial charge >= 0.3 is 0 Å². The average molecular weight is 202 g/mol. The van der Waals surface area contributed by atoms with Crippen molar-refractivity contribution in [2.45, 2.75) is 19.9 Å². The molecule has 2 rings (SSSR count). The maximum Gasteiger partial charge on any atom is 0.227 e. The molecule has 15 heavy (non-hydrogen) atoms. The van der Waals surface area contributed by atoms with E-state index < -0.39 is 0 Å². The van der Waals surface area contributed by atoms with Gasteiger partial charge < -0.3 is 5.32 Å². The molecular formula is C12H14N2O. The Bertz CT molecular complexity index is 397. The van der Waals surface area contributed by atoms with Crippen LogP contribution in [0.5, 0.6) is 0 Å². The van der Waals surface area contributed by atoms with Crippen LogP contribution in [0.1, 0.15) is 19.4 Å². The molecule has 1 amide bonds. The van der Waals surface area contributed by atoms with E-state index in [-0.39, 0.29) is 17.9 Å². The second-order valence-corrected chi connectivity index (χ2v) is 3.88. The van der Waals surface area contributed by atoms with Gasteiger partial charge in [0.05, 0.1) is 12.0 Å². The van der Waals surface area contributed by atoms with E-state index in [0.717, 1.165) is 5.56 Å². The van der Waals surface area contributed by atoms with Crippen molar-refractivity contribution in [3.63, 3.8) is 0 Å². The maximum absolute atomic E-state index is 11.4. The van der Waals surface area contributed by atoms with E-state index in [4.69, 9.17) is 0 Å². The van der Waals surface area contributed by atoms with Crippen molar-refractivity contribution in [3.8, 4) is 0 Å². The first-order chi connectivity index (χ1) is 7.18. The average Bonchev–Trinajstić information content (AvgIpc) is 2.25. The first kappa shape index (κ1) is 9.90. The summed E-state index contributed by atoms with van der Waals surface area (Å²) in [6.07, 6.45) is 5.56. The molecule has 0 spiro atoms. The van der Waals surface area contributed by atoms with E-state index in [1.54, 1.807) is 12.4 Å². The number of hydrogen-bond acceptors (Lipinski definition) is 2. The van der Waals surface area contributed by atoms with Crippen LogP contribution < -0.4 is 5.32 Å². The van der Waals surface area contributed by atoms with E-state index >= 15 is 0 Å². The van der Waals surface area contributed by atoms with Gasteiger partial charge in [-0.25, -0.2) is 0 Å². The molecule has 2 heterocycles. The van der Waals surface area contributed by atoms with E-state index in [0.29, 0.717) is 0 Å². The van der Waals surface area contributed by atoms with Crippen molar-refractivity contribution in [3.05, 3.63) is 36.2 Å². The van der Waals surface area contributed by atoms with Gasteiger partial charge in [-0.3, -0.25) is 9.78 Å². The molecule has 0 saturated heterocycles. The van der Waals surface area contributed by atoms with Crippen molar-refractivity contribution >= 4 is 11.5 Å². The minimum absolute atomic E-state index is 0.0515. The molecule has 0 aliphatic carbocycles. The fraction of sp³-hybridized carbons (Fsp3) is 0.333. The van der Waals surface area contributed by atoms with Crippen LogP contribution in [0.4, 0.5) is 0 Å². The molecule has 1 aromatic heterocycles. The van der Waals surface area contributed by atoms with Crippen LogP contribution in [0, 0.1) is 5.92 Å². The molecular weight excluding hydrogens is 188 g/mol. The van der Waals surface area contributed by atoms with Gasteiger partial charge in [-0.2, -0.15) is 0 Å². The van der Waals surface area contributed by atoms with Crippen LogP contribution in [-0.4, -0.2) is 16.9 Å². The Kier molecular flexibility index (Phi) is 2.54. The Labute approximate surface area is 89.2 Å². The van der Waals surface area contributed by atoms with Crippen LogP contribution >= 0.6 is 0 Å². The van der Waals surface area contributed by atoms with Crippen molar-refractivity contribution in [2.24, 2.45) is 5.92 Å². The molecule has 0 radical (unpaired) electrons. The third-order valence-electron chi connectivity index (χ3n) is 2.68. The van der Waals surface area contributed by atoms with Crippen LogP contribution in [0.2, 0.25) is 0 Å². The van der Waals surface area contributed by atoms with Gasteiger partial charge in [-0.1, -0.05) is 13.0 Å². The largest absolute Gasteiger partial charge is 0.349 e. The zero-order valence-corrected chi connectivity index (χ0v) is 8.90. The van der Waals surface area contributed by atoms with E-state index in [1.165, 1.54) is 5.57 Å². The van der Waals surface area contributed by atoms with Gasteiger partial charge in [-0.15, -0.1) is 0 Å². The fourth-order valence-corrected chi connectivity index (χ4v) is 1.80. The SMILES string of the molecule is CC1C=C(c2ccncc2)C(C)NC1=O. The quantitative estimate of drug-likeness (QED) is 0.752. The molecule has 2 unspecified atom stereocenters. The zero-order valence-electron chi connectivity index (χ0n) is 8.90. The summed E-state index contributed by atoms with van der Waals surface area (Å²) < 4.78 is 0. The minimum atomic E-state index is -0.0515. The molecule has 2 atom stereocenters. The standard InChI is InChI=1S/C12H14N2O/c1-8-7-11(9(2)14-12(8)15)10-3-5-13-6-4-10/h3-9H,1-2H3,(H,14,15). The Morgan fingerprint density at radius 2 is 1.93 bits per heavy atom. The third kappa shape index (κ3) is 1.91. The van der Waals surface area contributed by atoms with Crippen LogP contribution in [-0.2, 0) is 4.79 Å². The van der Waals surface area contributed by atoms with Gasteiger partial charge in [-0.05, 0) is 30.2 Å². The highest BCUT2D eigenvalue weighted by Gasteiger charge is 2.23. The summed E-state index contributed by atoms with van der Waals surface area (Å²) in [4.78, 5) is 15.4. The number of carbonyl (C=O) groups excluding carboxylic acids is 1. The number of nitrogens with one attached hydrogen (secondary N) is 1. The number of nitrogens with zero attached hydrogens (tertiary/aromatic N) is 1. The normalized spacial score (nSPS) is 25.7. The maximum atomic E-state index is 11.4. The topological polar surface area (TPSA) is 42.0 Å². The van der Waals surface area contributed by atoms with Crippen molar-refractivity contribution < 1.29 is 4.79 Å². The van der Waals surface area contributed by atoms with Crippen molar-refractivity contribution in [1.29, 1.82) is 0 Å². The number of rotatable bonds is 1. The fourth-order valence-electron chi connectivity index (χ4n) is 1.80. The van der Waals surface area contributed by atoms with Gasteiger partial charge in [0, 0.05) is 12.4 Å². The second-order valence-electron chi connectivity index (χ2n) is 3.88. The third-order valence-corrected chi connectivity index (χ3v) is 2.68. The number of carbonyl (C=O) groups is 1. The van der Waals surface area contributed by atoms with Crippen LogP contribution in [0.15, 0.2) is 30.6 Å². The Balaban J connectivity index is 2.37. The summed E-state index contributed by atoms with van der Waals surface area (Å²) in [6.45, 7) is 3.90. The van der Waals surface area contributed by atoms with Crippen molar-refractivity contribution in [2.75, 3.05) is 0 Å². The second kappa shape index (κ2) is 3.85.